The largest absolute Gasteiger partial charge is 0.394 e. The Morgan fingerprint density at radius 1 is 1.55 bits per heavy atom. The molecule has 1 saturated heterocycles. The van der Waals surface area contributed by atoms with Crippen molar-refractivity contribution >= 4 is 11.8 Å². The van der Waals surface area contributed by atoms with Crippen LogP contribution in [-0.2, 0) is 9.59 Å². The van der Waals surface area contributed by atoms with E-state index in [1.165, 1.54) is 0 Å². The molecule has 0 saturated carbocycles. The SMILES string of the molecule is CCC(CO)NC(=O)C1CC(=O)N(CCCN(C)C)C1. The molecule has 2 unspecified atom stereocenters. The molecule has 1 aliphatic rings. The maximum absolute atomic E-state index is 12.0. The Morgan fingerprint density at radius 3 is 2.80 bits per heavy atom. The van der Waals surface area contributed by atoms with Gasteiger partial charge in [-0.3, -0.25) is 9.59 Å². The van der Waals surface area contributed by atoms with Crippen LogP contribution in [0.15, 0.2) is 0 Å². The van der Waals surface area contributed by atoms with E-state index in [2.05, 4.69) is 10.2 Å². The summed E-state index contributed by atoms with van der Waals surface area (Å²) in [4.78, 5) is 27.8. The minimum Gasteiger partial charge on any atom is -0.394 e. The number of amides is 2. The van der Waals surface area contributed by atoms with Crippen LogP contribution in [0.1, 0.15) is 26.2 Å². The Balaban J connectivity index is 2.39. The lowest BCUT2D eigenvalue weighted by Crippen LogP contribution is -2.41. The highest BCUT2D eigenvalue weighted by atomic mass is 16.3. The zero-order valence-corrected chi connectivity index (χ0v) is 12.8. The van der Waals surface area contributed by atoms with Crippen LogP contribution < -0.4 is 5.32 Å². The molecular weight excluding hydrogens is 258 g/mol. The second-order valence-corrected chi connectivity index (χ2v) is 5.69. The molecule has 1 aliphatic heterocycles. The molecule has 0 aromatic rings. The van der Waals surface area contributed by atoms with Gasteiger partial charge >= 0.3 is 0 Å². The van der Waals surface area contributed by atoms with Crippen molar-refractivity contribution in [3.05, 3.63) is 0 Å². The molecule has 0 aliphatic carbocycles. The molecule has 2 atom stereocenters. The number of rotatable bonds is 8. The first kappa shape index (κ1) is 16.9. The van der Waals surface area contributed by atoms with Gasteiger partial charge in [0.05, 0.1) is 18.6 Å². The zero-order chi connectivity index (χ0) is 15.1. The normalized spacial score (nSPS) is 20.6. The average Bonchev–Trinajstić information content (AvgIpc) is 2.77. The van der Waals surface area contributed by atoms with Gasteiger partial charge in [0, 0.05) is 19.5 Å². The van der Waals surface area contributed by atoms with Gasteiger partial charge < -0.3 is 20.2 Å². The fourth-order valence-electron chi connectivity index (χ4n) is 2.34. The average molecular weight is 285 g/mol. The number of aliphatic hydroxyl groups is 1. The predicted octanol–water partition coefficient (Wildman–Crippen LogP) is -0.326. The molecule has 2 amide bonds. The first-order chi connectivity index (χ1) is 9.47. The van der Waals surface area contributed by atoms with E-state index in [0.29, 0.717) is 19.5 Å². The van der Waals surface area contributed by atoms with Gasteiger partial charge in [0.25, 0.3) is 0 Å². The number of hydrogen-bond acceptors (Lipinski definition) is 4. The Bertz CT molecular complexity index is 330. The number of nitrogens with one attached hydrogen (secondary N) is 1. The van der Waals surface area contributed by atoms with E-state index in [1.54, 1.807) is 4.90 Å². The molecule has 6 nitrogen and oxygen atoms in total. The third kappa shape index (κ3) is 5.09. The summed E-state index contributed by atoms with van der Waals surface area (Å²) in [5.41, 5.74) is 0. The molecule has 0 spiro atoms. The molecular formula is C14H27N3O3. The first-order valence-electron chi connectivity index (χ1n) is 7.31. The van der Waals surface area contributed by atoms with Crippen LogP contribution in [0, 0.1) is 5.92 Å². The third-order valence-corrected chi connectivity index (χ3v) is 3.68. The molecule has 0 aromatic carbocycles. The molecule has 0 aromatic heterocycles. The van der Waals surface area contributed by atoms with Crippen molar-refractivity contribution in [1.82, 2.24) is 15.1 Å². The summed E-state index contributed by atoms with van der Waals surface area (Å²) in [5, 5.41) is 11.9. The van der Waals surface area contributed by atoms with Gasteiger partial charge in [-0.05, 0) is 33.5 Å². The smallest absolute Gasteiger partial charge is 0.225 e. The molecule has 0 bridgehead atoms. The fourth-order valence-corrected chi connectivity index (χ4v) is 2.34. The summed E-state index contributed by atoms with van der Waals surface area (Å²) in [5.74, 6) is -0.335. The van der Waals surface area contributed by atoms with Crippen molar-refractivity contribution < 1.29 is 14.7 Å². The van der Waals surface area contributed by atoms with Gasteiger partial charge in [-0.15, -0.1) is 0 Å². The van der Waals surface area contributed by atoms with Gasteiger partial charge in [-0.25, -0.2) is 0 Å². The minimum atomic E-state index is -0.276. The van der Waals surface area contributed by atoms with Crippen molar-refractivity contribution in [3.8, 4) is 0 Å². The maximum atomic E-state index is 12.0. The van der Waals surface area contributed by atoms with Crippen LogP contribution in [0.25, 0.3) is 0 Å². The lowest BCUT2D eigenvalue weighted by molar-refractivity contribution is -0.129. The summed E-state index contributed by atoms with van der Waals surface area (Å²) in [6.07, 6.45) is 1.90. The number of carbonyl (C=O) groups excluding carboxylic acids is 2. The lowest BCUT2D eigenvalue weighted by Gasteiger charge is -2.19. The number of hydrogen-bond donors (Lipinski definition) is 2. The Labute approximate surface area is 121 Å². The topological polar surface area (TPSA) is 72.9 Å². The summed E-state index contributed by atoms with van der Waals surface area (Å²) >= 11 is 0. The van der Waals surface area contributed by atoms with Crippen molar-refractivity contribution in [2.75, 3.05) is 40.3 Å². The van der Waals surface area contributed by atoms with E-state index < -0.39 is 0 Å². The highest BCUT2D eigenvalue weighted by molar-refractivity contribution is 5.89. The highest BCUT2D eigenvalue weighted by Gasteiger charge is 2.34. The van der Waals surface area contributed by atoms with Gasteiger partial charge in [-0.2, -0.15) is 0 Å². The van der Waals surface area contributed by atoms with Crippen LogP contribution in [0.4, 0.5) is 0 Å². The summed E-state index contributed by atoms with van der Waals surface area (Å²) in [7, 11) is 4.00. The number of carbonyl (C=O) groups is 2. The quantitative estimate of drug-likeness (QED) is 0.641. The number of aliphatic hydroxyl groups excluding tert-OH is 1. The van der Waals surface area contributed by atoms with Gasteiger partial charge in [0.1, 0.15) is 0 Å². The first-order valence-corrected chi connectivity index (χ1v) is 7.31. The van der Waals surface area contributed by atoms with Crippen molar-refractivity contribution in [2.45, 2.75) is 32.2 Å². The lowest BCUT2D eigenvalue weighted by atomic mass is 10.1. The predicted molar refractivity (Wildman–Crippen MR) is 77.2 cm³/mol. The molecule has 116 valence electrons. The van der Waals surface area contributed by atoms with E-state index >= 15 is 0 Å². The molecule has 6 heteroatoms. The molecule has 20 heavy (non-hydrogen) atoms. The molecule has 0 radical (unpaired) electrons. The van der Waals surface area contributed by atoms with E-state index in [-0.39, 0.29) is 36.8 Å². The molecule has 1 heterocycles. The fraction of sp³-hybridized carbons (Fsp3) is 0.857. The van der Waals surface area contributed by atoms with E-state index in [0.717, 1.165) is 13.0 Å². The second kappa shape index (κ2) is 8.21. The second-order valence-electron chi connectivity index (χ2n) is 5.69. The van der Waals surface area contributed by atoms with Crippen LogP contribution in [0.5, 0.6) is 0 Å². The van der Waals surface area contributed by atoms with Crippen LogP contribution >= 0.6 is 0 Å². The molecule has 1 fully saturated rings. The van der Waals surface area contributed by atoms with Crippen LogP contribution in [-0.4, -0.2) is 73.1 Å². The zero-order valence-electron chi connectivity index (χ0n) is 12.8. The third-order valence-electron chi connectivity index (χ3n) is 3.68. The Hall–Kier alpha value is -1.14. The summed E-state index contributed by atoms with van der Waals surface area (Å²) in [6.45, 7) is 3.99. The van der Waals surface area contributed by atoms with E-state index in [4.69, 9.17) is 5.11 Å². The van der Waals surface area contributed by atoms with E-state index in [9.17, 15) is 9.59 Å². The van der Waals surface area contributed by atoms with Gasteiger partial charge in [-0.1, -0.05) is 6.92 Å². The van der Waals surface area contributed by atoms with Crippen LogP contribution in [0.2, 0.25) is 0 Å². The highest BCUT2D eigenvalue weighted by Crippen LogP contribution is 2.18. The van der Waals surface area contributed by atoms with Crippen molar-refractivity contribution in [2.24, 2.45) is 5.92 Å². The Morgan fingerprint density at radius 2 is 2.25 bits per heavy atom. The molecule has 2 N–H and O–H groups in total. The standard InChI is InChI=1S/C14H27N3O3/c1-4-12(10-18)15-14(20)11-8-13(19)17(9-11)7-5-6-16(2)3/h11-12,18H,4-10H2,1-3H3,(H,15,20). The summed E-state index contributed by atoms with van der Waals surface area (Å²) in [6, 6.07) is -0.208. The van der Waals surface area contributed by atoms with Crippen molar-refractivity contribution in [3.63, 3.8) is 0 Å². The summed E-state index contributed by atoms with van der Waals surface area (Å²) < 4.78 is 0. The Kier molecular flexibility index (Phi) is 6.95. The van der Waals surface area contributed by atoms with Gasteiger partial charge in [0.2, 0.25) is 11.8 Å². The monoisotopic (exact) mass is 285 g/mol. The maximum Gasteiger partial charge on any atom is 0.225 e. The number of likely N-dealkylation sites (tertiary alicyclic amines) is 1. The van der Waals surface area contributed by atoms with Crippen molar-refractivity contribution in [1.29, 1.82) is 0 Å². The van der Waals surface area contributed by atoms with Gasteiger partial charge in [0.15, 0.2) is 0 Å². The molecule has 1 rings (SSSR count). The number of nitrogens with zero attached hydrogens (tertiary/aromatic N) is 2. The van der Waals surface area contributed by atoms with E-state index in [1.807, 2.05) is 21.0 Å². The minimum absolute atomic E-state index is 0.0564. The van der Waals surface area contributed by atoms with Crippen LogP contribution in [0.3, 0.4) is 0 Å².